The average Bonchev–Trinajstić information content (AvgIpc) is 2.75. The number of rotatable bonds is 8. The van der Waals surface area contributed by atoms with Gasteiger partial charge in [-0.15, -0.1) is 0 Å². The molecule has 1 saturated carbocycles. The van der Waals surface area contributed by atoms with Crippen molar-refractivity contribution in [2.45, 2.75) is 77.9 Å². The Morgan fingerprint density at radius 2 is 1.74 bits per heavy atom. The molecular weight excluding hydrogens is 288 g/mol. The summed E-state index contributed by atoms with van der Waals surface area (Å²) in [4.78, 5) is 4.59. The molecular formula is C18H38N4O. The van der Waals surface area contributed by atoms with Crippen molar-refractivity contribution < 1.29 is 4.74 Å². The second-order valence-corrected chi connectivity index (χ2v) is 7.35. The van der Waals surface area contributed by atoms with E-state index in [1.165, 1.54) is 38.5 Å². The number of guanidine groups is 1. The van der Waals surface area contributed by atoms with E-state index in [1.807, 2.05) is 0 Å². The van der Waals surface area contributed by atoms with Crippen molar-refractivity contribution in [3.05, 3.63) is 0 Å². The molecule has 23 heavy (non-hydrogen) atoms. The topological polar surface area (TPSA) is 57.7 Å². The van der Waals surface area contributed by atoms with Gasteiger partial charge >= 0.3 is 0 Å². The summed E-state index contributed by atoms with van der Waals surface area (Å²) >= 11 is 0. The van der Waals surface area contributed by atoms with Crippen LogP contribution in [0.4, 0.5) is 0 Å². The van der Waals surface area contributed by atoms with Crippen molar-refractivity contribution in [2.24, 2.45) is 4.99 Å². The zero-order valence-electron chi connectivity index (χ0n) is 15.7. The molecule has 0 aromatic rings. The summed E-state index contributed by atoms with van der Waals surface area (Å²) in [6.07, 6.45) is 8.32. The fraction of sp³-hybridized carbons (Fsp3) is 0.944. The van der Waals surface area contributed by atoms with Gasteiger partial charge in [0.2, 0.25) is 0 Å². The van der Waals surface area contributed by atoms with Crippen molar-refractivity contribution in [3.8, 4) is 0 Å². The van der Waals surface area contributed by atoms with E-state index in [0.29, 0.717) is 6.10 Å². The summed E-state index contributed by atoms with van der Waals surface area (Å²) in [6.45, 7) is 12.7. The minimum Gasteiger partial charge on any atom is -0.376 e. The van der Waals surface area contributed by atoms with E-state index in [9.17, 15) is 0 Å². The highest BCUT2D eigenvalue weighted by molar-refractivity contribution is 5.79. The molecule has 0 atom stereocenters. The lowest BCUT2D eigenvalue weighted by Crippen LogP contribution is -2.41. The fourth-order valence-electron chi connectivity index (χ4n) is 2.74. The monoisotopic (exact) mass is 326 g/mol. The van der Waals surface area contributed by atoms with Crippen LogP contribution in [0.2, 0.25) is 0 Å². The minimum atomic E-state index is 0.147. The van der Waals surface area contributed by atoms with Crippen LogP contribution >= 0.6 is 0 Å². The molecule has 0 aromatic heterocycles. The van der Waals surface area contributed by atoms with Gasteiger partial charge in [0.1, 0.15) is 0 Å². The summed E-state index contributed by atoms with van der Waals surface area (Å²) in [5.41, 5.74) is 0.147. The number of nitrogens with one attached hydrogen (secondary N) is 3. The zero-order valence-corrected chi connectivity index (χ0v) is 15.7. The molecule has 0 bridgehead atoms. The van der Waals surface area contributed by atoms with E-state index in [0.717, 1.165) is 38.7 Å². The van der Waals surface area contributed by atoms with Crippen LogP contribution in [0.3, 0.4) is 0 Å². The van der Waals surface area contributed by atoms with Crippen LogP contribution in [0, 0.1) is 0 Å². The Morgan fingerprint density at radius 1 is 1.04 bits per heavy atom. The predicted molar refractivity (Wildman–Crippen MR) is 99.2 cm³/mol. The minimum absolute atomic E-state index is 0.147. The van der Waals surface area contributed by atoms with Gasteiger partial charge < -0.3 is 20.7 Å². The zero-order chi connectivity index (χ0) is 17.0. The van der Waals surface area contributed by atoms with Gasteiger partial charge in [-0.25, -0.2) is 0 Å². The molecule has 0 aromatic carbocycles. The van der Waals surface area contributed by atoms with Gasteiger partial charge in [-0.05, 0) is 40.5 Å². The first-order chi connectivity index (χ1) is 11.0. The average molecular weight is 327 g/mol. The van der Waals surface area contributed by atoms with Crippen molar-refractivity contribution in [3.63, 3.8) is 0 Å². The molecule has 1 aliphatic rings. The highest BCUT2D eigenvalue weighted by atomic mass is 16.5. The predicted octanol–water partition coefficient (Wildman–Crippen LogP) is 2.67. The van der Waals surface area contributed by atoms with Gasteiger partial charge in [0.05, 0.1) is 19.3 Å². The maximum absolute atomic E-state index is 6.00. The second-order valence-electron chi connectivity index (χ2n) is 7.35. The quantitative estimate of drug-likeness (QED) is 0.278. The van der Waals surface area contributed by atoms with Gasteiger partial charge in [0, 0.05) is 25.2 Å². The van der Waals surface area contributed by atoms with E-state index in [-0.39, 0.29) is 5.54 Å². The number of aliphatic imine (C=N–C) groups is 1. The van der Waals surface area contributed by atoms with Crippen molar-refractivity contribution in [1.29, 1.82) is 0 Å². The summed E-state index contributed by atoms with van der Waals surface area (Å²) in [5, 5.41) is 10.1. The van der Waals surface area contributed by atoms with Crippen LogP contribution in [0.25, 0.3) is 0 Å². The maximum Gasteiger partial charge on any atom is 0.191 e. The van der Waals surface area contributed by atoms with Crippen LogP contribution in [-0.4, -0.2) is 50.4 Å². The SMILES string of the molecule is CCNC(=NCCNC(C)(C)C)NCCOC1CCCCCC1. The maximum atomic E-state index is 6.00. The van der Waals surface area contributed by atoms with Crippen molar-refractivity contribution in [1.82, 2.24) is 16.0 Å². The standard InChI is InChI=1S/C18H38N4O/c1-5-19-17(20-12-13-22-18(2,3)4)21-14-15-23-16-10-8-6-7-9-11-16/h16,22H,5-15H2,1-4H3,(H2,19,20,21). The molecule has 0 heterocycles. The van der Waals surface area contributed by atoms with Gasteiger partial charge in [-0.2, -0.15) is 0 Å². The molecule has 1 fully saturated rings. The van der Waals surface area contributed by atoms with E-state index in [1.54, 1.807) is 0 Å². The lowest BCUT2D eigenvalue weighted by Gasteiger charge is -2.20. The Bertz CT molecular complexity index is 317. The lowest BCUT2D eigenvalue weighted by molar-refractivity contribution is 0.0468. The number of ether oxygens (including phenoxy) is 1. The second kappa shape index (κ2) is 11.7. The Hall–Kier alpha value is -0.810. The third-order valence-electron chi connectivity index (χ3n) is 3.93. The van der Waals surface area contributed by atoms with Gasteiger partial charge in [-0.3, -0.25) is 4.99 Å². The largest absolute Gasteiger partial charge is 0.376 e. The molecule has 0 spiro atoms. The normalized spacial score (nSPS) is 17.8. The smallest absolute Gasteiger partial charge is 0.191 e. The molecule has 5 heteroatoms. The molecule has 1 rings (SSSR count). The Kier molecular flexibility index (Phi) is 10.3. The molecule has 5 nitrogen and oxygen atoms in total. The first-order valence-corrected chi connectivity index (χ1v) is 9.40. The number of hydrogen-bond acceptors (Lipinski definition) is 3. The van der Waals surface area contributed by atoms with Crippen LogP contribution in [0.15, 0.2) is 4.99 Å². The molecule has 0 saturated heterocycles. The van der Waals surface area contributed by atoms with Crippen molar-refractivity contribution >= 4 is 5.96 Å². The number of hydrogen-bond donors (Lipinski definition) is 3. The van der Waals surface area contributed by atoms with Gasteiger partial charge in [0.15, 0.2) is 5.96 Å². The molecule has 0 unspecified atom stereocenters. The van der Waals surface area contributed by atoms with Crippen molar-refractivity contribution in [2.75, 3.05) is 32.8 Å². The third kappa shape index (κ3) is 11.4. The number of nitrogens with zero attached hydrogens (tertiary/aromatic N) is 1. The van der Waals surface area contributed by atoms with Crippen LogP contribution < -0.4 is 16.0 Å². The van der Waals surface area contributed by atoms with Crippen LogP contribution in [-0.2, 0) is 4.74 Å². The van der Waals surface area contributed by atoms with E-state index in [2.05, 4.69) is 48.6 Å². The van der Waals surface area contributed by atoms with E-state index >= 15 is 0 Å². The molecule has 1 aliphatic carbocycles. The van der Waals surface area contributed by atoms with Crippen LogP contribution in [0.5, 0.6) is 0 Å². The van der Waals surface area contributed by atoms with Gasteiger partial charge in [0.25, 0.3) is 0 Å². The lowest BCUT2D eigenvalue weighted by atomic mass is 10.1. The van der Waals surface area contributed by atoms with E-state index in [4.69, 9.17) is 4.74 Å². The molecule has 136 valence electrons. The highest BCUT2D eigenvalue weighted by Crippen LogP contribution is 2.19. The molecule has 0 radical (unpaired) electrons. The Balaban J connectivity index is 2.18. The molecule has 0 amide bonds. The molecule has 3 N–H and O–H groups in total. The first kappa shape index (κ1) is 20.2. The Morgan fingerprint density at radius 3 is 2.35 bits per heavy atom. The molecule has 0 aliphatic heterocycles. The summed E-state index contributed by atoms with van der Waals surface area (Å²) in [6, 6.07) is 0. The summed E-state index contributed by atoms with van der Waals surface area (Å²) < 4.78 is 6.00. The van der Waals surface area contributed by atoms with E-state index < -0.39 is 0 Å². The van der Waals surface area contributed by atoms with Crippen LogP contribution in [0.1, 0.15) is 66.2 Å². The highest BCUT2D eigenvalue weighted by Gasteiger charge is 2.12. The first-order valence-electron chi connectivity index (χ1n) is 9.40. The fourth-order valence-corrected chi connectivity index (χ4v) is 2.74. The summed E-state index contributed by atoms with van der Waals surface area (Å²) in [7, 11) is 0. The van der Waals surface area contributed by atoms with Gasteiger partial charge in [-0.1, -0.05) is 25.7 Å². The summed E-state index contributed by atoms with van der Waals surface area (Å²) in [5.74, 6) is 0.882. The Labute approximate surface area is 143 Å². The third-order valence-corrected chi connectivity index (χ3v) is 3.93.